The largest absolute Gasteiger partial charge is 0.408 e. The van der Waals surface area contributed by atoms with Crippen LogP contribution in [-0.4, -0.2) is 23.1 Å². The number of nitrogens with one attached hydrogen (secondary N) is 1. The van der Waals surface area contributed by atoms with Crippen molar-refractivity contribution in [3.05, 3.63) is 35.9 Å². The lowest BCUT2D eigenvalue weighted by atomic mass is 10.2. The molecule has 0 spiro atoms. The van der Waals surface area contributed by atoms with Crippen LogP contribution in [0.15, 0.2) is 30.3 Å². The second-order valence-corrected chi connectivity index (χ2v) is 4.09. The van der Waals surface area contributed by atoms with E-state index in [1.807, 2.05) is 6.07 Å². The van der Waals surface area contributed by atoms with Crippen molar-refractivity contribution < 1.29 is 4.43 Å². The number of hydrogen-bond donors (Lipinski definition) is 1. The predicted molar refractivity (Wildman–Crippen MR) is 58.3 cm³/mol. The minimum atomic E-state index is -0.455. The zero-order valence-corrected chi connectivity index (χ0v) is 9.54. The first-order valence-electron chi connectivity index (χ1n) is 4.76. The van der Waals surface area contributed by atoms with Crippen molar-refractivity contribution in [2.45, 2.75) is 13.3 Å². The zero-order valence-electron chi connectivity index (χ0n) is 8.12. The first-order chi connectivity index (χ1) is 6.43. The third-order valence-electron chi connectivity index (χ3n) is 1.83. The van der Waals surface area contributed by atoms with Gasteiger partial charge in [0, 0.05) is 6.61 Å². The first kappa shape index (κ1) is 10.4. The van der Waals surface area contributed by atoms with Gasteiger partial charge in [-0.25, -0.2) is 0 Å². The van der Waals surface area contributed by atoms with Gasteiger partial charge in [0.05, 0.1) is 0 Å². The van der Waals surface area contributed by atoms with Crippen LogP contribution in [0.3, 0.4) is 0 Å². The summed E-state index contributed by atoms with van der Waals surface area (Å²) in [6, 6.07) is 10.4. The van der Waals surface area contributed by atoms with E-state index in [9.17, 15) is 0 Å². The minimum absolute atomic E-state index is 0.455. The monoisotopic (exact) mass is 195 g/mol. The molecular weight excluding hydrogens is 178 g/mol. The van der Waals surface area contributed by atoms with E-state index in [1.165, 1.54) is 5.56 Å². The normalized spacial score (nSPS) is 11.2. The molecule has 72 valence electrons. The van der Waals surface area contributed by atoms with Crippen LogP contribution in [0.2, 0.25) is 0 Å². The Balaban J connectivity index is 2.07. The Morgan fingerprint density at radius 1 is 1.31 bits per heavy atom. The topological polar surface area (TPSA) is 21.3 Å². The summed E-state index contributed by atoms with van der Waals surface area (Å²) in [6.07, 6.45) is 1.03. The molecule has 0 amide bonds. The van der Waals surface area contributed by atoms with E-state index in [1.54, 1.807) is 0 Å². The highest BCUT2D eigenvalue weighted by molar-refractivity contribution is 6.23. The standard InChI is InChI=1S/C10H17NOSi/c1-2-11-13-12-9-8-10-6-4-3-5-7-10/h3-7,11H,2,8-9,13H2,1H3. The average molecular weight is 195 g/mol. The Morgan fingerprint density at radius 2 is 2.08 bits per heavy atom. The summed E-state index contributed by atoms with van der Waals surface area (Å²) in [4.78, 5) is 3.25. The van der Waals surface area contributed by atoms with Crippen LogP contribution in [0.1, 0.15) is 12.5 Å². The summed E-state index contributed by atoms with van der Waals surface area (Å²) in [5.41, 5.74) is 1.35. The molecule has 1 N–H and O–H groups in total. The molecule has 0 aliphatic carbocycles. The van der Waals surface area contributed by atoms with E-state index < -0.39 is 9.92 Å². The van der Waals surface area contributed by atoms with Gasteiger partial charge < -0.3 is 9.41 Å². The molecule has 2 nitrogen and oxygen atoms in total. The Labute approximate surface area is 82.3 Å². The van der Waals surface area contributed by atoms with Gasteiger partial charge in [-0.05, 0) is 18.5 Å². The minimum Gasteiger partial charge on any atom is -0.408 e. The van der Waals surface area contributed by atoms with E-state index in [4.69, 9.17) is 4.43 Å². The lowest BCUT2D eigenvalue weighted by molar-refractivity contribution is 0.334. The lowest BCUT2D eigenvalue weighted by Gasteiger charge is -2.03. The summed E-state index contributed by atoms with van der Waals surface area (Å²) in [5, 5.41) is 0. The molecule has 0 fully saturated rings. The molecule has 13 heavy (non-hydrogen) atoms. The van der Waals surface area contributed by atoms with Gasteiger partial charge in [0.1, 0.15) is 0 Å². The third-order valence-corrected chi connectivity index (χ3v) is 3.03. The van der Waals surface area contributed by atoms with Gasteiger partial charge in [-0.15, -0.1) is 0 Å². The molecule has 0 atom stereocenters. The third kappa shape index (κ3) is 4.82. The Hall–Kier alpha value is -0.643. The summed E-state index contributed by atoms with van der Waals surface area (Å²) >= 11 is 0. The Kier molecular flexibility index (Phi) is 5.48. The van der Waals surface area contributed by atoms with Crippen LogP contribution in [0, 0.1) is 0 Å². The molecule has 1 aromatic rings. The summed E-state index contributed by atoms with van der Waals surface area (Å²) in [6.45, 7) is 3.98. The Morgan fingerprint density at radius 3 is 2.77 bits per heavy atom. The molecule has 0 saturated carbocycles. The van der Waals surface area contributed by atoms with Crippen molar-refractivity contribution in [3.8, 4) is 0 Å². The van der Waals surface area contributed by atoms with Crippen molar-refractivity contribution in [2.75, 3.05) is 13.2 Å². The fourth-order valence-electron chi connectivity index (χ4n) is 1.08. The molecule has 0 aromatic heterocycles. The maximum Gasteiger partial charge on any atom is 0.235 e. The Bertz CT molecular complexity index is 215. The van der Waals surface area contributed by atoms with Crippen molar-refractivity contribution in [1.82, 2.24) is 4.98 Å². The molecule has 3 heteroatoms. The van der Waals surface area contributed by atoms with Crippen molar-refractivity contribution in [2.24, 2.45) is 0 Å². The predicted octanol–water partition coefficient (Wildman–Crippen LogP) is 0.854. The number of benzene rings is 1. The van der Waals surface area contributed by atoms with Crippen LogP contribution < -0.4 is 4.98 Å². The van der Waals surface area contributed by atoms with E-state index >= 15 is 0 Å². The van der Waals surface area contributed by atoms with E-state index in [0.29, 0.717) is 0 Å². The maximum atomic E-state index is 5.51. The van der Waals surface area contributed by atoms with E-state index in [-0.39, 0.29) is 0 Å². The number of hydrogen-bond acceptors (Lipinski definition) is 2. The molecule has 0 aliphatic rings. The molecular formula is C10H17NOSi. The highest BCUT2D eigenvalue weighted by Gasteiger charge is 1.91. The highest BCUT2D eigenvalue weighted by atomic mass is 28.2. The van der Waals surface area contributed by atoms with Crippen molar-refractivity contribution in [1.29, 1.82) is 0 Å². The lowest BCUT2D eigenvalue weighted by Crippen LogP contribution is -2.22. The summed E-state index contributed by atoms with van der Waals surface area (Å²) < 4.78 is 5.51. The van der Waals surface area contributed by atoms with Crippen LogP contribution in [0.25, 0.3) is 0 Å². The van der Waals surface area contributed by atoms with Crippen molar-refractivity contribution in [3.63, 3.8) is 0 Å². The van der Waals surface area contributed by atoms with E-state index in [2.05, 4.69) is 36.2 Å². The SMILES string of the molecule is CCN[SiH2]OCCc1ccccc1. The van der Waals surface area contributed by atoms with Gasteiger partial charge in [0.2, 0.25) is 9.92 Å². The second-order valence-electron chi connectivity index (χ2n) is 2.89. The first-order valence-corrected chi connectivity index (χ1v) is 6.04. The second kappa shape index (κ2) is 6.83. The van der Waals surface area contributed by atoms with E-state index in [0.717, 1.165) is 19.6 Å². The van der Waals surface area contributed by atoms with Gasteiger partial charge in [0.25, 0.3) is 0 Å². The quantitative estimate of drug-likeness (QED) is 0.537. The van der Waals surface area contributed by atoms with Crippen molar-refractivity contribution >= 4 is 9.92 Å². The van der Waals surface area contributed by atoms with Crippen LogP contribution in [-0.2, 0) is 10.8 Å². The molecule has 0 heterocycles. The van der Waals surface area contributed by atoms with Crippen LogP contribution in [0.5, 0.6) is 0 Å². The van der Waals surface area contributed by atoms with Gasteiger partial charge in [-0.3, -0.25) is 0 Å². The molecule has 1 rings (SSSR count). The van der Waals surface area contributed by atoms with Gasteiger partial charge in [-0.2, -0.15) is 0 Å². The molecule has 0 radical (unpaired) electrons. The van der Waals surface area contributed by atoms with Gasteiger partial charge in [-0.1, -0.05) is 37.3 Å². The molecule has 0 unspecified atom stereocenters. The molecule has 0 bridgehead atoms. The fraction of sp³-hybridized carbons (Fsp3) is 0.400. The molecule has 0 saturated heterocycles. The van der Waals surface area contributed by atoms with Crippen LogP contribution >= 0.6 is 0 Å². The number of rotatable bonds is 6. The highest BCUT2D eigenvalue weighted by Crippen LogP contribution is 1.98. The molecule has 1 aromatic carbocycles. The van der Waals surface area contributed by atoms with Gasteiger partial charge >= 0.3 is 0 Å². The zero-order chi connectivity index (χ0) is 9.36. The smallest absolute Gasteiger partial charge is 0.235 e. The summed E-state index contributed by atoms with van der Waals surface area (Å²) in [5.74, 6) is 0. The average Bonchev–Trinajstić information content (AvgIpc) is 2.19. The maximum absolute atomic E-state index is 5.51. The van der Waals surface area contributed by atoms with Gasteiger partial charge in [0.15, 0.2) is 0 Å². The fourth-order valence-corrected chi connectivity index (χ4v) is 1.72. The molecule has 0 aliphatic heterocycles. The summed E-state index contributed by atoms with van der Waals surface area (Å²) in [7, 11) is -0.455. The van der Waals surface area contributed by atoms with Crippen LogP contribution in [0.4, 0.5) is 0 Å².